The molecule has 0 amide bonds. The lowest BCUT2D eigenvalue weighted by molar-refractivity contribution is 0.0887. The first kappa shape index (κ1) is 108. The predicted molar refractivity (Wildman–Crippen MR) is 517 cm³/mol. The summed E-state index contributed by atoms with van der Waals surface area (Å²) in [4.78, 5) is 0. The molecule has 0 aliphatic heterocycles. The molecule has 12 aromatic rings. The van der Waals surface area contributed by atoms with Crippen LogP contribution in [0.1, 0.15) is 150 Å². The van der Waals surface area contributed by atoms with Crippen LogP contribution < -0.4 is 37.9 Å². The van der Waals surface area contributed by atoms with Crippen LogP contribution in [-0.2, 0) is 74.5 Å². The van der Waals surface area contributed by atoms with Crippen LogP contribution in [-0.4, -0.2) is 181 Å². The number of ether oxygens (including phenoxy) is 8. The van der Waals surface area contributed by atoms with E-state index in [0.717, 1.165) is 44.9 Å². The molecule has 4 aromatic heterocycles. The number of aliphatic hydroxyl groups is 4. The molecule has 34 heteroatoms. The molecule has 0 aliphatic carbocycles. The molecular formula is C100H122Cl6F4N12O12. The summed E-state index contributed by atoms with van der Waals surface area (Å²) in [6.45, 7) is 25.9. The van der Waals surface area contributed by atoms with Crippen LogP contribution in [0.25, 0.3) is 0 Å². The quantitative estimate of drug-likeness (QED) is 0.0204. The number of rotatable bonds is 48. The molecule has 12 rings (SSSR count). The highest BCUT2D eigenvalue weighted by atomic mass is 35.5. The first-order valence-corrected chi connectivity index (χ1v) is 47.0. The number of halogens is 10. The van der Waals surface area contributed by atoms with Crippen molar-refractivity contribution < 1.29 is 75.9 Å². The highest BCUT2D eigenvalue weighted by Gasteiger charge is 2.30. The van der Waals surface area contributed by atoms with Gasteiger partial charge in [-0.1, -0.05) is 212 Å². The lowest BCUT2D eigenvalue weighted by atomic mass is 9.78. The summed E-state index contributed by atoms with van der Waals surface area (Å²) in [7, 11) is 0. The second-order valence-electron chi connectivity index (χ2n) is 35.3. The Labute approximate surface area is 812 Å². The van der Waals surface area contributed by atoms with Gasteiger partial charge in [0.2, 0.25) is 0 Å². The molecular weight excluding hydrogens is 1850 g/mol. The average Bonchev–Trinajstić information content (AvgIpc) is 0.876. The Morgan fingerprint density at radius 3 is 0.634 bits per heavy atom. The smallest absolute Gasteiger partial charge is 0.137 e. The van der Waals surface area contributed by atoms with E-state index in [1.54, 1.807) is 0 Å². The van der Waals surface area contributed by atoms with Crippen LogP contribution in [0, 0.1) is 23.7 Å². The van der Waals surface area contributed by atoms with Crippen LogP contribution in [0.4, 0.5) is 17.6 Å². The first-order chi connectivity index (χ1) is 64.1. The second-order valence-corrected chi connectivity index (χ2v) is 37.4. The minimum absolute atomic E-state index is 0.0764. The Balaban J connectivity index is 0.000000201. The monoisotopic (exact) mass is 1960 g/mol. The first-order valence-electron chi connectivity index (χ1n) is 44.1. The summed E-state index contributed by atoms with van der Waals surface area (Å²) >= 11 is 36.3. The van der Waals surface area contributed by atoms with E-state index in [1.807, 2.05) is 172 Å². The number of hydrogen-bond acceptors (Lipinski definition) is 20. The van der Waals surface area contributed by atoms with Crippen LogP contribution in [0.15, 0.2) is 207 Å². The van der Waals surface area contributed by atoms with Crippen molar-refractivity contribution in [1.82, 2.24) is 60.0 Å². The fourth-order valence-corrected chi connectivity index (χ4v) is 14.2. The SMILES string of the molecule is CC(CCl)COc1ccc(C(C)(C)c2ccc(OCC(O)Cn3cc(C[18F])nn3)cc2)cc1Cl.C[C@@H](CCl)COc1ccc(C(C)(C)c2ccc(OC[C@H](O)Cn3cc(C[18F])nn3)cc2)cc1.C[C@H](CCl)COc1ccc(C(C)(C)c2ccc(OC[C@@H](O)Cn3cc(C[18F])nn3)cc2)cc1.C[C@H](CCl)COc1ccc(C(C)(C)c2ccc(OC[C@H](O)Cn3cc(C[18F])nn3)cc2)cc1Cl. The van der Waals surface area contributed by atoms with E-state index in [9.17, 15) is 38.0 Å². The Morgan fingerprint density at radius 1 is 0.276 bits per heavy atom. The van der Waals surface area contributed by atoms with Gasteiger partial charge in [0, 0.05) is 68.9 Å². The molecule has 0 radical (unpaired) electrons. The van der Waals surface area contributed by atoms with Gasteiger partial charge in [0.25, 0.3) is 0 Å². The van der Waals surface area contributed by atoms with Gasteiger partial charge < -0.3 is 58.3 Å². The molecule has 0 saturated heterocycles. The Kier molecular flexibility index (Phi) is 42.5. The molecule has 0 saturated carbocycles. The topological polar surface area (TPSA) is 278 Å². The van der Waals surface area contributed by atoms with E-state index >= 15 is 0 Å². The molecule has 0 bridgehead atoms. The third-order valence-electron chi connectivity index (χ3n) is 22.2. The normalized spacial score (nSPS) is 13.5. The predicted octanol–water partition coefficient (Wildman–Crippen LogP) is 20.4. The van der Waals surface area contributed by atoms with Crippen molar-refractivity contribution in [3.05, 3.63) is 284 Å². The fraction of sp³-hybridized carbons (Fsp3) is 0.440. The summed E-state index contributed by atoms with van der Waals surface area (Å²) in [6, 6.07) is 59.1. The standard InChI is InChI=1S/2C25H30Cl2FN3O3.2C25H31ClFN3O3/c2*1-17(11-26)15-34-24-9-6-19(10-23(24)27)25(2,3)18-4-7-22(8-5-18)33-16-21(32)14-31-13-20(12-28)29-30-31;2*1-18(12-26)16-32-23-8-4-19(5-9-23)25(2,3)20-6-10-24(11-7-20)33-17-22(31)15-30-14-21(13-27)28-29-30/h2*4-10,13,17,21,32H,11-12,14-16H2,1-3H3;2*4-11,14,18,22,31H,12-13,15-17H2,1-3H3/t17-,21-;;2*18-,22+/m1.10/s1/i2*28-1;2*27-1. The van der Waals surface area contributed by atoms with Gasteiger partial charge in [-0.25, -0.2) is 36.3 Å². The summed E-state index contributed by atoms with van der Waals surface area (Å²) in [6.07, 6.45) is 2.68. The van der Waals surface area contributed by atoms with Gasteiger partial charge in [0.1, 0.15) is 146 Å². The van der Waals surface area contributed by atoms with Crippen LogP contribution >= 0.6 is 69.6 Å². The highest BCUT2D eigenvalue weighted by molar-refractivity contribution is 6.32. The molecule has 0 fully saturated rings. The fourth-order valence-electron chi connectivity index (χ4n) is 13.4. The van der Waals surface area contributed by atoms with Gasteiger partial charge in [-0.3, -0.25) is 0 Å². The minimum atomic E-state index is -0.805. The maximum Gasteiger partial charge on any atom is 0.137 e. The Bertz CT molecular complexity index is 5100. The van der Waals surface area contributed by atoms with Crippen molar-refractivity contribution in [3.63, 3.8) is 0 Å². The highest BCUT2D eigenvalue weighted by Crippen LogP contribution is 2.41. The molecule has 0 spiro atoms. The van der Waals surface area contributed by atoms with E-state index in [0.29, 0.717) is 106 Å². The molecule has 24 nitrogen and oxygen atoms in total. The third-order valence-corrected chi connectivity index (χ3v) is 24.9. The zero-order valence-corrected chi connectivity index (χ0v) is 82.1. The number of hydrogen-bond donors (Lipinski definition) is 4. The number of aromatic nitrogens is 12. The van der Waals surface area contributed by atoms with Gasteiger partial charge >= 0.3 is 0 Å². The molecule has 4 heterocycles. The lowest BCUT2D eigenvalue weighted by Gasteiger charge is -2.27. The molecule has 724 valence electrons. The Morgan fingerprint density at radius 2 is 0.455 bits per heavy atom. The van der Waals surface area contributed by atoms with Crippen LogP contribution in [0.5, 0.6) is 46.0 Å². The molecule has 8 aromatic carbocycles. The van der Waals surface area contributed by atoms with Gasteiger partial charge in [-0.2, -0.15) is 0 Å². The van der Waals surface area contributed by atoms with E-state index in [-0.39, 0.29) is 109 Å². The summed E-state index contributed by atoms with van der Waals surface area (Å²) in [5.74, 6) is 8.87. The molecule has 0 aliphatic rings. The number of benzene rings is 8. The molecule has 8 atom stereocenters. The summed E-state index contributed by atoms with van der Waals surface area (Å²) in [5.41, 5.74) is 8.83. The third kappa shape index (κ3) is 33.2. The number of aliphatic hydroxyl groups excluding tert-OH is 4. The molecule has 2 unspecified atom stereocenters. The summed E-state index contributed by atoms with van der Waals surface area (Å²) < 4.78 is 102. The van der Waals surface area contributed by atoms with Gasteiger partial charge in [-0.05, 0) is 142 Å². The van der Waals surface area contributed by atoms with Crippen molar-refractivity contribution >= 4 is 69.6 Å². The Hall–Kier alpha value is -9.98. The zero-order chi connectivity index (χ0) is 97.1. The minimum Gasteiger partial charge on any atom is -0.493 e. The van der Waals surface area contributed by atoms with E-state index < -0.39 is 51.1 Å². The van der Waals surface area contributed by atoms with Crippen molar-refractivity contribution in [2.45, 2.75) is 182 Å². The van der Waals surface area contributed by atoms with Crippen molar-refractivity contribution in [1.29, 1.82) is 0 Å². The van der Waals surface area contributed by atoms with Gasteiger partial charge in [0.15, 0.2) is 0 Å². The van der Waals surface area contributed by atoms with E-state index in [2.05, 4.69) is 135 Å². The zero-order valence-electron chi connectivity index (χ0n) is 77.6. The second kappa shape index (κ2) is 52.9. The van der Waals surface area contributed by atoms with Crippen molar-refractivity contribution in [2.24, 2.45) is 23.7 Å². The maximum atomic E-state index is 12.6. The average molecular weight is 1970 g/mol. The van der Waals surface area contributed by atoms with Gasteiger partial charge in [-0.15, -0.1) is 66.8 Å². The van der Waals surface area contributed by atoms with Crippen LogP contribution in [0.2, 0.25) is 10.0 Å². The molecule has 4 N–H and O–H groups in total. The van der Waals surface area contributed by atoms with Crippen LogP contribution in [0.3, 0.4) is 0 Å². The van der Waals surface area contributed by atoms with Crippen molar-refractivity contribution in [3.8, 4) is 46.0 Å². The number of nitrogens with zero attached hydrogens (tertiary/aromatic N) is 12. The number of alkyl halides is 8. The molecule has 134 heavy (non-hydrogen) atoms. The largest absolute Gasteiger partial charge is 0.493 e. The lowest BCUT2D eigenvalue weighted by Crippen LogP contribution is -2.24. The summed E-state index contributed by atoms with van der Waals surface area (Å²) in [5, 5.41) is 71.5. The van der Waals surface area contributed by atoms with Crippen molar-refractivity contribution in [2.75, 3.05) is 76.4 Å². The maximum absolute atomic E-state index is 12.6. The van der Waals surface area contributed by atoms with E-state index in [1.165, 1.54) is 54.6 Å². The van der Waals surface area contributed by atoms with Gasteiger partial charge in [0.05, 0.1) is 87.4 Å². The van der Waals surface area contributed by atoms with E-state index in [4.69, 9.17) is 108 Å².